The zero-order chi connectivity index (χ0) is 19.3. The number of esters is 1. The summed E-state index contributed by atoms with van der Waals surface area (Å²) >= 11 is 1.54. The van der Waals surface area contributed by atoms with E-state index in [9.17, 15) is 4.79 Å². The van der Waals surface area contributed by atoms with Crippen LogP contribution in [0.2, 0.25) is 0 Å². The molecule has 0 saturated heterocycles. The van der Waals surface area contributed by atoms with Crippen LogP contribution < -0.4 is 0 Å². The molecule has 0 aliphatic heterocycles. The molecule has 0 saturated carbocycles. The lowest BCUT2D eigenvalue weighted by Gasteiger charge is -2.08. The van der Waals surface area contributed by atoms with E-state index in [1.165, 1.54) is 4.68 Å². The number of carbonyl (C=O) groups excluding carboxylic acids is 1. The number of hydrogen-bond acceptors (Lipinski definition) is 8. The monoisotopic (exact) mass is 393 g/mol. The van der Waals surface area contributed by atoms with Gasteiger partial charge in [-0.05, 0) is 40.4 Å². The second-order valence-electron chi connectivity index (χ2n) is 5.81. The molecule has 0 unspecified atom stereocenters. The molecule has 4 aromatic rings. The number of nitrogens with zero attached hydrogens (tertiary/aromatic N) is 5. The molecule has 0 aliphatic rings. The van der Waals surface area contributed by atoms with Gasteiger partial charge in [-0.1, -0.05) is 41.6 Å². The lowest BCUT2D eigenvalue weighted by molar-refractivity contribution is -0.138. The first-order valence-electron chi connectivity index (χ1n) is 8.39. The summed E-state index contributed by atoms with van der Waals surface area (Å²) < 4.78 is 12.1. The Kier molecular flexibility index (Phi) is 5.07. The summed E-state index contributed by atoms with van der Waals surface area (Å²) in [7, 11) is 0. The van der Waals surface area contributed by atoms with Crippen molar-refractivity contribution in [3.8, 4) is 10.6 Å². The molecule has 0 bridgehead atoms. The van der Waals surface area contributed by atoms with Crippen LogP contribution in [-0.4, -0.2) is 31.3 Å². The Morgan fingerprint density at radius 2 is 2.11 bits per heavy atom. The minimum atomic E-state index is -0.570. The largest absolute Gasteiger partial charge is 0.454 e. The summed E-state index contributed by atoms with van der Waals surface area (Å²) in [6, 6.07) is 15.0. The van der Waals surface area contributed by atoms with Crippen LogP contribution in [-0.2, 0) is 16.1 Å². The first-order chi connectivity index (χ1) is 13.7. The summed E-state index contributed by atoms with van der Waals surface area (Å²) in [4.78, 5) is 13.7. The number of carbonyl (C=O) groups is 1. The first-order valence-corrected chi connectivity index (χ1v) is 9.27. The van der Waals surface area contributed by atoms with Gasteiger partial charge in [0.25, 0.3) is 0 Å². The fourth-order valence-electron chi connectivity index (χ4n) is 2.50. The Morgan fingerprint density at radius 1 is 1.25 bits per heavy atom. The van der Waals surface area contributed by atoms with Gasteiger partial charge in [0.1, 0.15) is 12.3 Å². The van der Waals surface area contributed by atoms with Gasteiger partial charge in [-0.25, -0.2) is 4.79 Å². The van der Waals surface area contributed by atoms with Crippen molar-refractivity contribution in [2.45, 2.75) is 13.5 Å². The number of rotatable bonds is 6. The third kappa shape index (κ3) is 3.89. The van der Waals surface area contributed by atoms with Crippen LogP contribution in [0.1, 0.15) is 17.1 Å². The standard InChI is InChI=1S/C19H15N5O3S/c1-13-20-22-23-24(13)16(10-14-6-3-2-4-7-14)19(25)26-12-15-11-17(27-21-15)18-8-5-9-28-18/h2-11H,12H2,1H3/b16-10-. The number of aromatic nitrogens is 5. The summed E-state index contributed by atoms with van der Waals surface area (Å²) in [5.74, 6) is 0.540. The Hall–Kier alpha value is -3.59. The second kappa shape index (κ2) is 7.97. The lowest BCUT2D eigenvalue weighted by atomic mass is 10.2. The van der Waals surface area contributed by atoms with E-state index >= 15 is 0 Å². The maximum atomic E-state index is 12.7. The third-order valence-corrected chi connectivity index (χ3v) is 4.72. The van der Waals surface area contributed by atoms with E-state index in [1.54, 1.807) is 30.4 Å². The van der Waals surface area contributed by atoms with Gasteiger partial charge in [0, 0.05) is 6.07 Å². The zero-order valence-electron chi connectivity index (χ0n) is 14.8. The topological polar surface area (TPSA) is 95.9 Å². The Balaban J connectivity index is 1.53. The second-order valence-corrected chi connectivity index (χ2v) is 6.76. The van der Waals surface area contributed by atoms with Crippen LogP contribution in [0.4, 0.5) is 0 Å². The molecule has 3 aromatic heterocycles. The minimum Gasteiger partial charge on any atom is -0.454 e. The summed E-state index contributed by atoms with van der Waals surface area (Å²) in [6.07, 6.45) is 1.67. The number of ether oxygens (including phenoxy) is 1. The van der Waals surface area contributed by atoms with E-state index < -0.39 is 5.97 Å². The molecule has 0 radical (unpaired) electrons. The number of benzene rings is 1. The van der Waals surface area contributed by atoms with Gasteiger partial charge in [-0.2, -0.15) is 4.68 Å². The van der Waals surface area contributed by atoms with E-state index in [2.05, 4.69) is 20.7 Å². The van der Waals surface area contributed by atoms with Crippen molar-refractivity contribution in [1.82, 2.24) is 25.4 Å². The average Bonchev–Trinajstić information content (AvgIpc) is 3.46. The molecule has 0 amide bonds. The molecule has 28 heavy (non-hydrogen) atoms. The van der Waals surface area contributed by atoms with Gasteiger partial charge < -0.3 is 9.26 Å². The predicted molar refractivity (Wildman–Crippen MR) is 103 cm³/mol. The van der Waals surface area contributed by atoms with Crippen molar-refractivity contribution in [3.05, 3.63) is 71.0 Å². The van der Waals surface area contributed by atoms with Crippen LogP contribution in [0.5, 0.6) is 0 Å². The molecule has 1 aromatic carbocycles. The maximum Gasteiger partial charge on any atom is 0.357 e. The fraction of sp³-hybridized carbons (Fsp3) is 0.105. The molecule has 0 aliphatic carbocycles. The van der Waals surface area contributed by atoms with E-state index in [4.69, 9.17) is 9.26 Å². The van der Waals surface area contributed by atoms with Crippen LogP contribution in [0.25, 0.3) is 22.4 Å². The minimum absolute atomic E-state index is 0.0268. The molecule has 0 N–H and O–H groups in total. The summed E-state index contributed by atoms with van der Waals surface area (Å²) in [5, 5.41) is 17.2. The quantitative estimate of drug-likeness (QED) is 0.366. The molecule has 3 heterocycles. The smallest absolute Gasteiger partial charge is 0.357 e. The van der Waals surface area contributed by atoms with Crippen LogP contribution >= 0.6 is 11.3 Å². The lowest BCUT2D eigenvalue weighted by Crippen LogP contribution is -2.15. The first kappa shape index (κ1) is 17.8. The van der Waals surface area contributed by atoms with Gasteiger partial charge in [0.15, 0.2) is 17.3 Å². The molecule has 0 fully saturated rings. The zero-order valence-corrected chi connectivity index (χ0v) is 15.7. The highest BCUT2D eigenvalue weighted by molar-refractivity contribution is 7.13. The maximum absolute atomic E-state index is 12.7. The Morgan fingerprint density at radius 3 is 2.82 bits per heavy atom. The molecule has 4 rings (SSSR count). The van der Waals surface area contributed by atoms with Crippen molar-refractivity contribution in [1.29, 1.82) is 0 Å². The predicted octanol–water partition coefficient (Wildman–Crippen LogP) is 3.44. The molecular formula is C19H15N5O3S. The highest BCUT2D eigenvalue weighted by Crippen LogP contribution is 2.25. The SMILES string of the molecule is Cc1nnnn1/C(=C\c1ccccc1)C(=O)OCc1cc(-c2cccs2)on1. The Labute approximate surface area is 164 Å². The Bertz CT molecular complexity index is 1100. The fourth-order valence-corrected chi connectivity index (χ4v) is 3.17. The normalized spacial score (nSPS) is 11.5. The van der Waals surface area contributed by atoms with Crippen LogP contribution in [0, 0.1) is 6.92 Å². The van der Waals surface area contributed by atoms with Crippen molar-refractivity contribution in [3.63, 3.8) is 0 Å². The highest BCUT2D eigenvalue weighted by atomic mass is 32.1. The van der Waals surface area contributed by atoms with E-state index in [0.717, 1.165) is 10.4 Å². The number of hydrogen-bond donors (Lipinski definition) is 0. The van der Waals surface area contributed by atoms with Gasteiger partial charge >= 0.3 is 5.97 Å². The molecule has 140 valence electrons. The number of thiophene rings is 1. The molecule has 0 spiro atoms. The van der Waals surface area contributed by atoms with Crippen LogP contribution in [0.3, 0.4) is 0 Å². The molecule has 9 heteroatoms. The van der Waals surface area contributed by atoms with Crippen molar-refractivity contribution in [2.24, 2.45) is 0 Å². The average molecular weight is 393 g/mol. The van der Waals surface area contributed by atoms with Gasteiger partial charge in [0.2, 0.25) is 0 Å². The molecule has 0 atom stereocenters. The molecular weight excluding hydrogens is 378 g/mol. The van der Waals surface area contributed by atoms with Crippen molar-refractivity contribution < 1.29 is 14.1 Å². The van der Waals surface area contributed by atoms with E-state index in [1.807, 2.05) is 47.8 Å². The van der Waals surface area contributed by atoms with Crippen molar-refractivity contribution in [2.75, 3.05) is 0 Å². The van der Waals surface area contributed by atoms with Gasteiger partial charge in [-0.15, -0.1) is 16.4 Å². The molecule has 8 nitrogen and oxygen atoms in total. The third-order valence-electron chi connectivity index (χ3n) is 3.84. The van der Waals surface area contributed by atoms with Crippen LogP contribution in [0.15, 0.2) is 58.4 Å². The summed E-state index contributed by atoms with van der Waals surface area (Å²) in [5.41, 5.74) is 1.55. The van der Waals surface area contributed by atoms with E-state index in [0.29, 0.717) is 17.3 Å². The van der Waals surface area contributed by atoms with Gasteiger partial charge in [-0.3, -0.25) is 0 Å². The van der Waals surface area contributed by atoms with Crippen molar-refractivity contribution >= 4 is 29.1 Å². The summed E-state index contributed by atoms with van der Waals surface area (Å²) in [6.45, 7) is 1.68. The highest BCUT2D eigenvalue weighted by Gasteiger charge is 2.19. The van der Waals surface area contributed by atoms with Gasteiger partial charge in [0.05, 0.1) is 4.88 Å². The van der Waals surface area contributed by atoms with E-state index in [-0.39, 0.29) is 12.3 Å². The number of aryl methyl sites for hydroxylation is 1. The number of tetrazole rings is 1.